The van der Waals surface area contributed by atoms with E-state index < -0.39 is 9.84 Å². The molecule has 0 saturated carbocycles. The van der Waals surface area contributed by atoms with Crippen LogP contribution in [0.15, 0.2) is 0 Å². The van der Waals surface area contributed by atoms with Crippen molar-refractivity contribution in [3.8, 4) is 0 Å². The minimum Gasteiger partial charge on any atom is -0.330 e. The monoisotopic (exact) mass is 221 g/mol. The first-order valence-corrected chi connectivity index (χ1v) is 7.05. The number of nitrogens with two attached hydrogens (primary N) is 1. The van der Waals surface area contributed by atoms with Gasteiger partial charge in [-0.15, -0.1) is 0 Å². The smallest absolute Gasteiger partial charge is 0.150 e. The molecule has 2 N–H and O–H groups in total. The van der Waals surface area contributed by atoms with E-state index in [0.717, 1.165) is 12.8 Å². The Bertz CT molecular complexity index is 245. The van der Waals surface area contributed by atoms with Crippen molar-refractivity contribution in [1.29, 1.82) is 0 Å². The lowest BCUT2D eigenvalue weighted by Gasteiger charge is -2.21. The maximum absolute atomic E-state index is 11.4. The Morgan fingerprint density at radius 2 is 1.79 bits per heavy atom. The highest BCUT2D eigenvalue weighted by Gasteiger charge is 2.17. The number of hydrogen-bond acceptors (Lipinski definition) is 3. The van der Waals surface area contributed by atoms with Gasteiger partial charge in [0.1, 0.15) is 9.84 Å². The summed E-state index contributed by atoms with van der Waals surface area (Å²) in [5, 5.41) is 0. The van der Waals surface area contributed by atoms with Gasteiger partial charge < -0.3 is 5.73 Å². The maximum Gasteiger partial charge on any atom is 0.150 e. The van der Waals surface area contributed by atoms with Gasteiger partial charge in [0.15, 0.2) is 0 Å². The molecule has 0 aromatic carbocycles. The molecule has 3 nitrogen and oxygen atoms in total. The Morgan fingerprint density at radius 3 is 2.21 bits per heavy atom. The molecular weight excluding hydrogens is 198 g/mol. The Balaban J connectivity index is 3.85. The van der Waals surface area contributed by atoms with Crippen LogP contribution >= 0.6 is 0 Å². The van der Waals surface area contributed by atoms with Crippen LogP contribution in [0.4, 0.5) is 0 Å². The summed E-state index contributed by atoms with van der Waals surface area (Å²) in [6.07, 6.45) is 2.32. The first-order valence-electron chi connectivity index (χ1n) is 5.23. The molecule has 0 rings (SSSR count). The van der Waals surface area contributed by atoms with E-state index in [0.29, 0.717) is 24.5 Å². The minimum absolute atomic E-state index is 0.0712. The minimum atomic E-state index is -2.80. The van der Waals surface area contributed by atoms with Gasteiger partial charge in [0.05, 0.1) is 5.75 Å². The van der Waals surface area contributed by atoms with E-state index >= 15 is 0 Å². The van der Waals surface area contributed by atoms with E-state index in [4.69, 9.17) is 5.73 Å². The molecule has 86 valence electrons. The highest BCUT2D eigenvalue weighted by molar-refractivity contribution is 7.91. The second-order valence-electron chi connectivity index (χ2n) is 4.62. The van der Waals surface area contributed by atoms with E-state index in [1.807, 2.05) is 6.92 Å². The largest absolute Gasteiger partial charge is 0.330 e. The van der Waals surface area contributed by atoms with Gasteiger partial charge in [0, 0.05) is 5.75 Å². The van der Waals surface area contributed by atoms with Gasteiger partial charge in [0.25, 0.3) is 0 Å². The fourth-order valence-corrected chi connectivity index (χ4v) is 2.70. The topological polar surface area (TPSA) is 60.2 Å². The van der Waals surface area contributed by atoms with Crippen LogP contribution in [0.1, 0.15) is 40.0 Å². The van der Waals surface area contributed by atoms with Crippen LogP contribution in [-0.4, -0.2) is 26.5 Å². The Morgan fingerprint density at radius 1 is 1.21 bits per heavy atom. The van der Waals surface area contributed by atoms with E-state index in [-0.39, 0.29) is 5.41 Å². The number of sulfone groups is 1. The summed E-state index contributed by atoms with van der Waals surface area (Å²) >= 11 is 0. The van der Waals surface area contributed by atoms with Crippen molar-refractivity contribution in [2.45, 2.75) is 40.0 Å². The van der Waals surface area contributed by atoms with Crippen LogP contribution in [0.3, 0.4) is 0 Å². The fourth-order valence-electron chi connectivity index (χ4n) is 1.29. The molecule has 0 atom stereocenters. The number of rotatable bonds is 7. The quantitative estimate of drug-likeness (QED) is 0.710. The van der Waals surface area contributed by atoms with Gasteiger partial charge in [-0.05, 0) is 31.2 Å². The second kappa shape index (κ2) is 5.71. The molecular formula is C10H23NO2S. The summed E-state index contributed by atoms with van der Waals surface area (Å²) < 4.78 is 22.7. The molecule has 0 aliphatic carbocycles. The van der Waals surface area contributed by atoms with E-state index in [1.165, 1.54) is 0 Å². The lowest BCUT2D eigenvalue weighted by Crippen LogP contribution is -2.24. The molecule has 0 heterocycles. The van der Waals surface area contributed by atoms with Crippen LogP contribution in [-0.2, 0) is 9.84 Å². The Labute approximate surface area is 88.0 Å². The summed E-state index contributed by atoms with van der Waals surface area (Å²) in [7, 11) is -2.80. The van der Waals surface area contributed by atoms with Crippen molar-refractivity contribution in [1.82, 2.24) is 0 Å². The molecule has 0 radical (unpaired) electrons. The van der Waals surface area contributed by atoms with Crippen molar-refractivity contribution >= 4 is 9.84 Å². The zero-order valence-corrected chi connectivity index (χ0v) is 10.4. The zero-order valence-electron chi connectivity index (χ0n) is 9.54. The van der Waals surface area contributed by atoms with Gasteiger partial charge in [-0.25, -0.2) is 8.42 Å². The van der Waals surface area contributed by atoms with Crippen molar-refractivity contribution in [2.75, 3.05) is 18.1 Å². The Kier molecular flexibility index (Phi) is 5.67. The third kappa shape index (κ3) is 6.38. The molecule has 0 fully saturated rings. The molecule has 0 amide bonds. The van der Waals surface area contributed by atoms with Crippen LogP contribution in [0.5, 0.6) is 0 Å². The molecule has 0 aliphatic rings. The predicted octanol–water partition coefficient (Wildman–Crippen LogP) is 1.58. The van der Waals surface area contributed by atoms with Gasteiger partial charge in [-0.2, -0.15) is 0 Å². The maximum atomic E-state index is 11.4. The molecule has 0 aromatic rings. The molecule has 0 aromatic heterocycles. The van der Waals surface area contributed by atoms with Gasteiger partial charge in [-0.1, -0.05) is 20.8 Å². The predicted molar refractivity (Wildman–Crippen MR) is 61.0 cm³/mol. The average molecular weight is 221 g/mol. The fraction of sp³-hybridized carbons (Fsp3) is 1.00. The van der Waals surface area contributed by atoms with Crippen LogP contribution < -0.4 is 5.73 Å². The molecule has 4 heteroatoms. The summed E-state index contributed by atoms with van der Waals surface area (Å²) in [4.78, 5) is 0. The third-order valence-electron chi connectivity index (χ3n) is 2.38. The molecule has 0 spiro atoms. The van der Waals surface area contributed by atoms with Gasteiger partial charge >= 0.3 is 0 Å². The molecule has 0 unspecified atom stereocenters. The highest BCUT2D eigenvalue weighted by atomic mass is 32.2. The van der Waals surface area contributed by atoms with Crippen molar-refractivity contribution in [3.63, 3.8) is 0 Å². The molecule has 14 heavy (non-hydrogen) atoms. The highest BCUT2D eigenvalue weighted by Crippen LogP contribution is 2.20. The van der Waals surface area contributed by atoms with Crippen molar-refractivity contribution < 1.29 is 8.42 Å². The summed E-state index contributed by atoms with van der Waals surface area (Å²) in [6, 6.07) is 0. The third-order valence-corrected chi connectivity index (χ3v) is 4.32. The zero-order chi connectivity index (χ0) is 11.2. The summed E-state index contributed by atoms with van der Waals surface area (Å²) in [6.45, 7) is 6.64. The molecule has 0 aliphatic heterocycles. The first-order chi connectivity index (χ1) is 6.33. The van der Waals surface area contributed by atoms with Crippen LogP contribution in [0, 0.1) is 5.41 Å². The Hall–Kier alpha value is -0.0900. The number of hydrogen-bond donors (Lipinski definition) is 1. The van der Waals surface area contributed by atoms with Crippen LogP contribution in [0.2, 0.25) is 0 Å². The van der Waals surface area contributed by atoms with E-state index in [2.05, 4.69) is 13.8 Å². The second-order valence-corrected chi connectivity index (χ2v) is 6.93. The SMILES string of the molecule is CCCS(=O)(=O)CCCC(C)(C)CN. The standard InChI is InChI=1S/C10H23NO2S/c1-4-7-14(12,13)8-5-6-10(2,3)9-11/h4-9,11H2,1-3H3. The van der Waals surface area contributed by atoms with Crippen LogP contribution in [0.25, 0.3) is 0 Å². The molecule has 0 bridgehead atoms. The molecule has 0 saturated heterocycles. The lowest BCUT2D eigenvalue weighted by molar-refractivity contribution is 0.344. The average Bonchev–Trinajstić information content (AvgIpc) is 2.03. The first kappa shape index (κ1) is 13.9. The van der Waals surface area contributed by atoms with E-state index in [1.54, 1.807) is 0 Å². The van der Waals surface area contributed by atoms with E-state index in [9.17, 15) is 8.42 Å². The lowest BCUT2D eigenvalue weighted by atomic mass is 9.88. The van der Waals surface area contributed by atoms with Crippen molar-refractivity contribution in [3.05, 3.63) is 0 Å². The summed E-state index contributed by atoms with van der Waals surface area (Å²) in [5.41, 5.74) is 5.64. The normalized spacial score (nSPS) is 13.1. The summed E-state index contributed by atoms with van der Waals surface area (Å²) in [5.74, 6) is 0.625. The van der Waals surface area contributed by atoms with Gasteiger partial charge in [0.2, 0.25) is 0 Å². The van der Waals surface area contributed by atoms with Gasteiger partial charge in [-0.3, -0.25) is 0 Å². The van der Waals surface area contributed by atoms with Crippen molar-refractivity contribution in [2.24, 2.45) is 11.1 Å².